The third-order valence-electron chi connectivity index (χ3n) is 6.13. The minimum Gasteiger partial charge on any atom is -0.507 e. The summed E-state index contributed by atoms with van der Waals surface area (Å²) in [5.41, 5.74) is 0.839. The number of benzene rings is 3. The van der Waals surface area contributed by atoms with Crippen molar-refractivity contribution in [2.45, 2.75) is 13.0 Å². The maximum Gasteiger partial charge on any atom is 0.300 e. The van der Waals surface area contributed by atoms with Crippen molar-refractivity contribution in [2.24, 2.45) is 0 Å². The van der Waals surface area contributed by atoms with Crippen molar-refractivity contribution in [1.82, 2.24) is 0 Å². The molecular formula is C27H19NO6. The SMILES string of the molecule is Cc1ccc(C2/C(=C(/O)c3ccc4ccccc4c3)C(=O)C(=O)N2c2ccc3c(c2)OCO3)o1. The number of nitrogens with zero attached hydrogens (tertiary/aromatic N) is 1. The predicted molar refractivity (Wildman–Crippen MR) is 125 cm³/mol. The highest BCUT2D eigenvalue weighted by atomic mass is 16.7. The first-order chi connectivity index (χ1) is 16.5. The number of amides is 1. The number of hydrogen-bond acceptors (Lipinski definition) is 6. The standard InChI is InChI=1S/C27H19NO6/c1-15-6-10-21(34-15)24-23(25(29)18-8-7-16-4-2-3-5-17(16)12-18)26(30)27(31)28(24)19-9-11-20-22(13-19)33-14-32-20/h2-13,24,29H,14H2,1H3/b25-23-. The van der Waals surface area contributed by atoms with E-state index in [0.29, 0.717) is 34.3 Å². The number of aryl methyl sites for hydroxylation is 1. The van der Waals surface area contributed by atoms with Gasteiger partial charge in [-0.05, 0) is 48.0 Å². The maximum atomic E-state index is 13.3. The average Bonchev–Trinajstić information content (AvgIpc) is 3.56. The lowest BCUT2D eigenvalue weighted by atomic mass is 9.97. The van der Waals surface area contributed by atoms with Gasteiger partial charge in [0, 0.05) is 17.3 Å². The van der Waals surface area contributed by atoms with E-state index in [1.165, 1.54) is 4.90 Å². The molecule has 1 atom stereocenters. The van der Waals surface area contributed by atoms with Gasteiger partial charge in [-0.25, -0.2) is 0 Å². The quantitative estimate of drug-likeness (QED) is 0.264. The molecule has 4 aromatic rings. The van der Waals surface area contributed by atoms with Gasteiger partial charge in [0.25, 0.3) is 11.7 Å². The monoisotopic (exact) mass is 453 g/mol. The normalized spacial score (nSPS) is 18.7. The van der Waals surface area contributed by atoms with E-state index >= 15 is 0 Å². The molecule has 0 radical (unpaired) electrons. The zero-order valence-corrected chi connectivity index (χ0v) is 18.1. The summed E-state index contributed by atoms with van der Waals surface area (Å²) in [5, 5.41) is 13.2. The number of Topliss-reactive ketones (excluding diaryl/α,β-unsaturated/α-hetero) is 1. The van der Waals surface area contributed by atoms with Crippen molar-refractivity contribution >= 4 is 33.9 Å². The number of fused-ring (bicyclic) bond motifs is 2. The maximum absolute atomic E-state index is 13.3. The lowest BCUT2D eigenvalue weighted by Gasteiger charge is -2.23. The Kier molecular flexibility index (Phi) is 4.45. The van der Waals surface area contributed by atoms with Crippen LogP contribution >= 0.6 is 0 Å². The molecule has 168 valence electrons. The number of furan rings is 1. The summed E-state index contributed by atoms with van der Waals surface area (Å²) < 4.78 is 16.7. The van der Waals surface area contributed by atoms with Crippen molar-refractivity contribution in [3.8, 4) is 11.5 Å². The number of carbonyl (C=O) groups is 2. The fourth-order valence-corrected chi connectivity index (χ4v) is 4.50. The van der Waals surface area contributed by atoms with E-state index in [9.17, 15) is 14.7 Å². The van der Waals surface area contributed by atoms with Crippen molar-refractivity contribution in [3.63, 3.8) is 0 Å². The molecule has 2 aliphatic rings. The van der Waals surface area contributed by atoms with Gasteiger partial charge in [0.2, 0.25) is 6.79 Å². The molecule has 2 aliphatic heterocycles. The van der Waals surface area contributed by atoms with Crippen LogP contribution in [0.1, 0.15) is 23.1 Å². The van der Waals surface area contributed by atoms with Crippen LogP contribution in [0, 0.1) is 6.92 Å². The van der Waals surface area contributed by atoms with Crippen molar-refractivity contribution in [1.29, 1.82) is 0 Å². The van der Waals surface area contributed by atoms with Gasteiger partial charge >= 0.3 is 0 Å². The van der Waals surface area contributed by atoms with Crippen LogP contribution in [0.15, 0.2) is 82.8 Å². The highest BCUT2D eigenvalue weighted by molar-refractivity contribution is 6.51. The number of ether oxygens (including phenoxy) is 2. The van der Waals surface area contributed by atoms with E-state index in [0.717, 1.165) is 10.8 Å². The van der Waals surface area contributed by atoms with Crippen LogP contribution in [0.25, 0.3) is 16.5 Å². The molecule has 1 fully saturated rings. The summed E-state index contributed by atoms with van der Waals surface area (Å²) in [4.78, 5) is 27.9. The van der Waals surface area contributed by atoms with Crippen LogP contribution in [-0.4, -0.2) is 23.6 Å². The second-order valence-electron chi connectivity index (χ2n) is 8.22. The van der Waals surface area contributed by atoms with Crippen LogP contribution in [0.3, 0.4) is 0 Å². The first-order valence-electron chi connectivity index (χ1n) is 10.8. The molecule has 7 heteroatoms. The highest BCUT2D eigenvalue weighted by Gasteiger charge is 2.48. The van der Waals surface area contributed by atoms with E-state index in [1.807, 2.05) is 30.3 Å². The Labute approximate surface area is 194 Å². The summed E-state index contributed by atoms with van der Waals surface area (Å²) in [6.07, 6.45) is 0. The molecular weight excluding hydrogens is 434 g/mol. The molecule has 1 N–H and O–H groups in total. The lowest BCUT2D eigenvalue weighted by Crippen LogP contribution is -2.29. The van der Waals surface area contributed by atoms with Gasteiger partial charge in [-0.2, -0.15) is 0 Å². The van der Waals surface area contributed by atoms with Crippen LogP contribution in [0.5, 0.6) is 11.5 Å². The number of aliphatic hydroxyl groups excluding tert-OH is 1. The van der Waals surface area contributed by atoms with Crippen molar-refractivity contribution in [3.05, 3.63) is 95.5 Å². The summed E-state index contributed by atoms with van der Waals surface area (Å²) in [5.74, 6) is 0.216. The van der Waals surface area contributed by atoms with Gasteiger partial charge in [0.15, 0.2) is 11.5 Å². The molecule has 0 bridgehead atoms. The number of anilines is 1. The molecule has 1 saturated heterocycles. The highest BCUT2D eigenvalue weighted by Crippen LogP contribution is 2.45. The number of hydrogen-bond donors (Lipinski definition) is 1. The Hall–Kier alpha value is -4.52. The first kappa shape index (κ1) is 20.1. The van der Waals surface area contributed by atoms with Crippen LogP contribution in [-0.2, 0) is 9.59 Å². The van der Waals surface area contributed by atoms with Crippen molar-refractivity contribution in [2.75, 3.05) is 11.7 Å². The van der Waals surface area contributed by atoms with E-state index in [4.69, 9.17) is 13.9 Å². The fraction of sp³-hybridized carbons (Fsp3) is 0.111. The number of rotatable bonds is 3. The molecule has 6 rings (SSSR count). The van der Waals surface area contributed by atoms with Crippen LogP contribution < -0.4 is 14.4 Å². The summed E-state index contributed by atoms with van der Waals surface area (Å²) in [6.45, 7) is 1.86. The molecule has 34 heavy (non-hydrogen) atoms. The second-order valence-corrected chi connectivity index (χ2v) is 8.22. The molecule has 1 amide bonds. The largest absolute Gasteiger partial charge is 0.507 e. The first-order valence-corrected chi connectivity index (χ1v) is 10.8. The van der Waals surface area contributed by atoms with E-state index in [-0.39, 0.29) is 18.1 Å². The Morgan fingerprint density at radius 2 is 1.71 bits per heavy atom. The Balaban J connectivity index is 1.54. The molecule has 7 nitrogen and oxygen atoms in total. The van der Waals surface area contributed by atoms with Gasteiger partial charge in [0.1, 0.15) is 23.3 Å². The summed E-state index contributed by atoms with van der Waals surface area (Å²) in [6, 6.07) is 20.6. The third-order valence-corrected chi connectivity index (χ3v) is 6.13. The number of carbonyl (C=O) groups excluding carboxylic acids is 2. The van der Waals surface area contributed by atoms with Crippen LogP contribution in [0.4, 0.5) is 5.69 Å². The molecule has 0 spiro atoms. The minimum atomic E-state index is -0.944. The lowest BCUT2D eigenvalue weighted by molar-refractivity contribution is -0.132. The number of aliphatic hydroxyl groups is 1. The van der Waals surface area contributed by atoms with E-state index in [2.05, 4.69) is 0 Å². The molecule has 0 aliphatic carbocycles. The summed E-state index contributed by atoms with van der Waals surface area (Å²) >= 11 is 0. The summed E-state index contributed by atoms with van der Waals surface area (Å²) in [7, 11) is 0. The Morgan fingerprint density at radius 3 is 2.50 bits per heavy atom. The molecule has 1 aromatic heterocycles. The predicted octanol–water partition coefficient (Wildman–Crippen LogP) is 5.10. The molecule has 1 unspecified atom stereocenters. The topological polar surface area (TPSA) is 89.2 Å². The zero-order chi connectivity index (χ0) is 23.4. The van der Waals surface area contributed by atoms with E-state index in [1.54, 1.807) is 49.4 Å². The van der Waals surface area contributed by atoms with Crippen LogP contribution in [0.2, 0.25) is 0 Å². The van der Waals surface area contributed by atoms with Gasteiger partial charge < -0.3 is 19.0 Å². The second kappa shape index (κ2) is 7.52. The number of ketones is 1. The fourth-order valence-electron chi connectivity index (χ4n) is 4.50. The molecule has 3 aromatic carbocycles. The zero-order valence-electron chi connectivity index (χ0n) is 18.1. The Bertz CT molecular complexity index is 1510. The van der Waals surface area contributed by atoms with Gasteiger partial charge in [-0.15, -0.1) is 0 Å². The molecule has 0 saturated carbocycles. The average molecular weight is 453 g/mol. The van der Waals surface area contributed by atoms with Crippen molar-refractivity contribution < 1.29 is 28.6 Å². The molecule has 3 heterocycles. The van der Waals surface area contributed by atoms with Gasteiger partial charge in [-0.1, -0.05) is 36.4 Å². The minimum absolute atomic E-state index is 0.0349. The third kappa shape index (κ3) is 3.05. The smallest absolute Gasteiger partial charge is 0.300 e. The van der Waals surface area contributed by atoms with E-state index < -0.39 is 17.7 Å². The Morgan fingerprint density at radius 1 is 0.912 bits per heavy atom. The van der Waals surface area contributed by atoms with Gasteiger partial charge in [-0.3, -0.25) is 14.5 Å². The van der Waals surface area contributed by atoms with Gasteiger partial charge in [0.05, 0.1) is 5.57 Å².